The Hall–Kier alpha value is -2.94. The second kappa shape index (κ2) is 10.7. The van der Waals surface area contributed by atoms with Gasteiger partial charge in [0.15, 0.2) is 11.8 Å². The summed E-state index contributed by atoms with van der Waals surface area (Å²) in [4.78, 5) is 16.5. The molecule has 2 aromatic rings. The van der Waals surface area contributed by atoms with Gasteiger partial charge in [-0.1, -0.05) is 12.1 Å². The number of aryl methyl sites for hydroxylation is 1. The van der Waals surface area contributed by atoms with Gasteiger partial charge in [-0.25, -0.2) is 4.99 Å². The molecule has 1 amide bonds. The lowest BCUT2D eigenvalue weighted by molar-refractivity contribution is 0.0963. The Morgan fingerprint density at radius 2 is 2.20 bits per heavy atom. The lowest BCUT2D eigenvalue weighted by atomic mass is 10.1. The quantitative estimate of drug-likeness (QED) is 0.439. The van der Waals surface area contributed by atoms with Gasteiger partial charge < -0.3 is 25.3 Å². The summed E-state index contributed by atoms with van der Waals surface area (Å²) in [6, 6.07) is 7.65. The minimum absolute atomic E-state index is 0.0794. The number of aromatic nitrogens is 3. The summed E-state index contributed by atoms with van der Waals surface area (Å²) < 4.78 is 7.63. The average molecular weight is 414 g/mol. The number of rotatable bonds is 8. The van der Waals surface area contributed by atoms with Crippen molar-refractivity contribution in [3.05, 3.63) is 47.0 Å². The van der Waals surface area contributed by atoms with Gasteiger partial charge in [0.1, 0.15) is 12.4 Å². The fourth-order valence-corrected chi connectivity index (χ4v) is 3.27. The third-order valence-corrected chi connectivity index (χ3v) is 5.20. The van der Waals surface area contributed by atoms with E-state index in [4.69, 9.17) is 4.74 Å². The first kappa shape index (κ1) is 21.8. The number of amides is 1. The van der Waals surface area contributed by atoms with Gasteiger partial charge in [0.25, 0.3) is 5.91 Å². The van der Waals surface area contributed by atoms with Crippen LogP contribution in [0.15, 0.2) is 29.3 Å². The highest BCUT2D eigenvalue weighted by Gasteiger charge is 2.16. The number of aliphatic imine (C=N–C) groups is 1. The molecule has 0 radical (unpaired) electrons. The first-order valence-electron chi connectivity index (χ1n) is 10.4. The molecule has 0 bridgehead atoms. The maximum Gasteiger partial charge on any atom is 0.251 e. The number of nitrogens with zero attached hydrogens (tertiary/aromatic N) is 4. The number of guanidine groups is 1. The van der Waals surface area contributed by atoms with E-state index in [0.717, 1.165) is 49.6 Å². The smallest absolute Gasteiger partial charge is 0.251 e. The molecule has 1 saturated heterocycles. The van der Waals surface area contributed by atoms with Gasteiger partial charge in [-0.05, 0) is 43.9 Å². The zero-order chi connectivity index (χ0) is 21.3. The molecular formula is C21H31N7O2. The Labute approximate surface area is 177 Å². The van der Waals surface area contributed by atoms with Crippen LogP contribution in [0.2, 0.25) is 0 Å². The second-order valence-electron chi connectivity index (χ2n) is 7.36. The van der Waals surface area contributed by atoms with Crippen molar-refractivity contribution < 1.29 is 9.53 Å². The van der Waals surface area contributed by atoms with Crippen molar-refractivity contribution in [3.63, 3.8) is 0 Å². The molecule has 0 aliphatic carbocycles. The van der Waals surface area contributed by atoms with E-state index in [-0.39, 0.29) is 12.0 Å². The van der Waals surface area contributed by atoms with Gasteiger partial charge in [-0.15, -0.1) is 10.2 Å². The van der Waals surface area contributed by atoms with Crippen LogP contribution in [0.1, 0.15) is 40.4 Å². The lowest BCUT2D eigenvalue weighted by Crippen LogP contribution is -2.42. The summed E-state index contributed by atoms with van der Waals surface area (Å²) in [5.74, 6) is 2.31. The van der Waals surface area contributed by atoms with Crippen LogP contribution in [0.3, 0.4) is 0 Å². The number of benzene rings is 1. The van der Waals surface area contributed by atoms with Crippen molar-refractivity contribution in [2.24, 2.45) is 12.0 Å². The minimum Gasteiger partial charge on any atom is -0.376 e. The molecule has 1 atom stereocenters. The summed E-state index contributed by atoms with van der Waals surface area (Å²) in [6.45, 7) is 4.58. The van der Waals surface area contributed by atoms with Crippen molar-refractivity contribution in [1.29, 1.82) is 0 Å². The molecule has 1 aliphatic heterocycles. The van der Waals surface area contributed by atoms with Crippen LogP contribution >= 0.6 is 0 Å². The van der Waals surface area contributed by atoms with E-state index in [9.17, 15) is 4.79 Å². The van der Waals surface area contributed by atoms with Gasteiger partial charge >= 0.3 is 0 Å². The predicted octanol–water partition coefficient (Wildman–Crippen LogP) is 0.940. The van der Waals surface area contributed by atoms with Crippen molar-refractivity contribution >= 4 is 11.9 Å². The fraction of sp³-hybridized carbons (Fsp3) is 0.524. The highest BCUT2D eigenvalue weighted by Crippen LogP contribution is 2.10. The van der Waals surface area contributed by atoms with Gasteiger partial charge in [-0.3, -0.25) is 4.79 Å². The number of hydrogen-bond donors (Lipinski definition) is 3. The van der Waals surface area contributed by atoms with Gasteiger partial charge in [0.05, 0.1) is 6.10 Å². The summed E-state index contributed by atoms with van der Waals surface area (Å²) in [6.07, 6.45) is 3.16. The van der Waals surface area contributed by atoms with E-state index in [2.05, 4.69) is 31.1 Å². The lowest BCUT2D eigenvalue weighted by Gasteiger charge is -2.16. The zero-order valence-electron chi connectivity index (χ0n) is 17.9. The normalized spacial score (nSPS) is 16.5. The Morgan fingerprint density at radius 1 is 1.33 bits per heavy atom. The van der Waals surface area contributed by atoms with Gasteiger partial charge in [0.2, 0.25) is 0 Å². The number of carbonyl (C=O) groups is 1. The summed E-state index contributed by atoms with van der Waals surface area (Å²) in [5.41, 5.74) is 1.75. The summed E-state index contributed by atoms with van der Waals surface area (Å²) in [7, 11) is 3.57. The van der Waals surface area contributed by atoms with E-state index < -0.39 is 0 Å². The number of hydrogen-bond acceptors (Lipinski definition) is 5. The van der Waals surface area contributed by atoms with Gasteiger partial charge in [-0.2, -0.15) is 0 Å². The molecule has 1 aliphatic rings. The van der Waals surface area contributed by atoms with Crippen LogP contribution in [0, 0.1) is 6.92 Å². The molecular weight excluding hydrogens is 382 g/mol. The molecule has 30 heavy (non-hydrogen) atoms. The largest absolute Gasteiger partial charge is 0.376 e. The van der Waals surface area contributed by atoms with Crippen molar-refractivity contribution in [2.45, 2.75) is 38.8 Å². The van der Waals surface area contributed by atoms with Gasteiger partial charge in [0, 0.05) is 39.4 Å². The summed E-state index contributed by atoms with van der Waals surface area (Å²) in [5, 5.41) is 17.7. The molecule has 1 fully saturated rings. The minimum atomic E-state index is -0.0794. The van der Waals surface area contributed by atoms with Crippen molar-refractivity contribution in [3.8, 4) is 0 Å². The summed E-state index contributed by atoms with van der Waals surface area (Å²) >= 11 is 0. The Morgan fingerprint density at radius 3 is 2.90 bits per heavy atom. The second-order valence-corrected chi connectivity index (χ2v) is 7.36. The SMILES string of the molecule is CNC(=O)c1cccc(CCNC(=NCc2nnc(C)n2C)NCC2CCCO2)c1. The standard InChI is InChI=1S/C21H31N7O2/c1-15-26-27-19(28(15)3)14-25-21(24-13-18-8-5-11-30-18)23-10-9-16-6-4-7-17(12-16)20(29)22-2/h4,6-7,12,18H,5,8-11,13-14H2,1-3H3,(H,22,29)(H2,23,24,25). The van der Waals surface area contributed by atoms with Crippen LogP contribution < -0.4 is 16.0 Å². The third-order valence-electron chi connectivity index (χ3n) is 5.20. The first-order chi connectivity index (χ1) is 14.6. The molecule has 3 rings (SSSR count). The molecule has 0 spiro atoms. The molecule has 1 unspecified atom stereocenters. The number of nitrogens with one attached hydrogen (secondary N) is 3. The maximum atomic E-state index is 11.8. The molecule has 2 heterocycles. The predicted molar refractivity (Wildman–Crippen MR) is 115 cm³/mol. The highest BCUT2D eigenvalue weighted by molar-refractivity contribution is 5.94. The van der Waals surface area contributed by atoms with Crippen LogP contribution in [-0.2, 0) is 24.8 Å². The zero-order valence-corrected chi connectivity index (χ0v) is 17.9. The van der Waals surface area contributed by atoms with E-state index in [0.29, 0.717) is 24.6 Å². The third kappa shape index (κ3) is 6.03. The van der Waals surface area contributed by atoms with E-state index in [1.807, 2.05) is 42.8 Å². The molecule has 1 aromatic heterocycles. The maximum absolute atomic E-state index is 11.8. The fourth-order valence-electron chi connectivity index (χ4n) is 3.27. The topological polar surface area (TPSA) is 105 Å². The molecule has 162 valence electrons. The van der Waals surface area contributed by atoms with Crippen LogP contribution in [0.25, 0.3) is 0 Å². The van der Waals surface area contributed by atoms with Crippen molar-refractivity contribution in [2.75, 3.05) is 26.7 Å². The van der Waals surface area contributed by atoms with Crippen LogP contribution in [0.4, 0.5) is 0 Å². The van der Waals surface area contributed by atoms with Crippen molar-refractivity contribution in [1.82, 2.24) is 30.7 Å². The average Bonchev–Trinajstić information content (AvgIpc) is 3.40. The molecule has 0 saturated carbocycles. The first-order valence-corrected chi connectivity index (χ1v) is 10.4. The van der Waals surface area contributed by atoms with E-state index >= 15 is 0 Å². The number of ether oxygens (including phenoxy) is 1. The Bertz CT molecular complexity index is 872. The Balaban J connectivity index is 1.59. The number of carbonyl (C=O) groups excluding carboxylic acids is 1. The molecule has 1 aromatic carbocycles. The van der Waals surface area contributed by atoms with E-state index in [1.54, 1.807) is 7.05 Å². The van der Waals surface area contributed by atoms with E-state index in [1.165, 1.54) is 0 Å². The molecule has 9 heteroatoms. The highest BCUT2D eigenvalue weighted by atomic mass is 16.5. The molecule has 3 N–H and O–H groups in total. The monoisotopic (exact) mass is 413 g/mol. The van der Waals surface area contributed by atoms with Crippen LogP contribution in [0.5, 0.6) is 0 Å². The Kier molecular flexibility index (Phi) is 7.78. The molecule has 9 nitrogen and oxygen atoms in total. The van der Waals surface area contributed by atoms with Crippen LogP contribution in [-0.4, -0.2) is 59.5 Å².